The van der Waals surface area contributed by atoms with Crippen molar-refractivity contribution in [3.05, 3.63) is 36.0 Å². The summed E-state index contributed by atoms with van der Waals surface area (Å²) in [6.07, 6.45) is 14.9. The summed E-state index contributed by atoms with van der Waals surface area (Å²) < 4.78 is 5.56. The van der Waals surface area contributed by atoms with Gasteiger partial charge in [0.15, 0.2) is 5.79 Å². The molecule has 0 spiro atoms. The second kappa shape index (κ2) is 5.12. The molecule has 124 valence electrons. The summed E-state index contributed by atoms with van der Waals surface area (Å²) in [6.45, 7) is 2.22. The molecule has 7 atom stereocenters. The Morgan fingerprint density at radius 3 is 2.83 bits per heavy atom. The predicted octanol–water partition coefficient (Wildman–Crippen LogP) is 3.85. The molecule has 2 N–H and O–H groups in total. The minimum Gasteiger partial charge on any atom is -0.365 e. The van der Waals surface area contributed by atoms with Crippen molar-refractivity contribution in [3.8, 4) is 0 Å². The Morgan fingerprint density at radius 1 is 1.26 bits per heavy atom. The maximum atomic E-state index is 10.9. The molecule has 4 aliphatic carbocycles. The van der Waals surface area contributed by atoms with Crippen LogP contribution < -0.4 is 0 Å². The molecule has 4 heteroatoms. The molecule has 0 aromatic heterocycles. The average Bonchev–Trinajstić information content (AvgIpc) is 2.86. The van der Waals surface area contributed by atoms with E-state index in [1.165, 1.54) is 5.57 Å². The predicted molar refractivity (Wildman–Crippen MR) is 87.8 cm³/mol. The van der Waals surface area contributed by atoms with E-state index in [4.69, 9.17) is 10.3 Å². The lowest BCUT2D eigenvalue weighted by atomic mass is 9.54. The molecule has 4 aliphatic rings. The second-order valence-electron chi connectivity index (χ2n) is 7.89. The molecule has 4 rings (SSSR count). The Bertz CT molecular complexity index is 610. The summed E-state index contributed by atoms with van der Waals surface area (Å²) in [5.74, 6) is 1.07. The number of nitrogens with zero attached hydrogens (tertiary/aromatic N) is 1. The number of rotatable bonds is 2. The minimum absolute atomic E-state index is 0.0960. The fourth-order valence-corrected chi connectivity index (χ4v) is 5.80. The van der Waals surface area contributed by atoms with Gasteiger partial charge in [0.25, 0.3) is 0 Å². The quantitative estimate of drug-likeness (QED) is 0.462. The molecule has 0 amide bonds. The van der Waals surface area contributed by atoms with E-state index in [-0.39, 0.29) is 11.5 Å². The number of methoxy groups -OCH3 is 1. The van der Waals surface area contributed by atoms with Gasteiger partial charge in [-0.3, -0.25) is 0 Å². The average molecular weight is 314 g/mol. The van der Waals surface area contributed by atoms with E-state index in [0.29, 0.717) is 23.7 Å². The lowest BCUT2D eigenvalue weighted by molar-refractivity contribution is -0.259. The van der Waals surface area contributed by atoms with Crippen LogP contribution in [0.25, 0.3) is 0 Å². The van der Waals surface area contributed by atoms with E-state index >= 15 is 0 Å². The zero-order chi connectivity index (χ0) is 16.2. The van der Waals surface area contributed by atoms with Gasteiger partial charge in [-0.2, -0.15) is 5.11 Å². The number of hydrogen-bond acceptors (Lipinski definition) is 4. The monoisotopic (exact) mass is 314 g/mol. The normalized spacial score (nSPS) is 50.7. The van der Waals surface area contributed by atoms with Crippen LogP contribution in [0.4, 0.5) is 0 Å². The van der Waals surface area contributed by atoms with Crippen LogP contribution >= 0.6 is 0 Å². The number of ether oxygens (including phenoxy) is 1. The van der Waals surface area contributed by atoms with Crippen LogP contribution in [-0.2, 0) is 4.74 Å². The van der Waals surface area contributed by atoms with Crippen LogP contribution in [0, 0.1) is 34.6 Å². The van der Waals surface area contributed by atoms with Crippen LogP contribution in [0.3, 0.4) is 0 Å². The Morgan fingerprint density at radius 2 is 2.09 bits per heavy atom. The van der Waals surface area contributed by atoms with Crippen molar-refractivity contribution in [3.63, 3.8) is 0 Å². The van der Waals surface area contributed by atoms with E-state index in [1.807, 2.05) is 0 Å². The standard InChI is InChI=1S/C19H26N2O2/c1-18-9-7-15-14-6-4-13(21-20)11-12(14)3-5-16(15)17(18)8-10-19(18,22)23-2/h3-6,11,13-17,20,22H,7-10H2,1-2H3/t13?,14?,15?,16?,17?,18-,19+/m0/s1. The Labute approximate surface area is 137 Å². The second-order valence-corrected chi connectivity index (χ2v) is 7.89. The Kier molecular flexibility index (Phi) is 3.40. The van der Waals surface area contributed by atoms with Gasteiger partial charge in [0, 0.05) is 24.9 Å². The van der Waals surface area contributed by atoms with Gasteiger partial charge in [-0.1, -0.05) is 37.3 Å². The molecular weight excluding hydrogens is 288 g/mol. The van der Waals surface area contributed by atoms with Gasteiger partial charge in [0.1, 0.15) is 6.04 Å². The molecular formula is C19H26N2O2. The first-order valence-corrected chi connectivity index (χ1v) is 8.75. The molecule has 2 saturated carbocycles. The first-order valence-electron chi connectivity index (χ1n) is 8.75. The SMILES string of the molecule is CO[C@]1(O)CCC2C3C=CC4=CC(N=N)C=CC4C3CC[C@@]21C. The molecule has 0 bridgehead atoms. The third-order valence-corrected chi connectivity index (χ3v) is 7.18. The van der Waals surface area contributed by atoms with E-state index in [2.05, 4.69) is 42.4 Å². The summed E-state index contributed by atoms with van der Waals surface area (Å²) in [6, 6.07) is -0.0960. The van der Waals surface area contributed by atoms with Crippen LogP contribution in [0.5, 0.6) is 0 Å². The molecule has 5 unspecified atom stereocenters. The van der Waals surface area contributed by atoms with Crippen molar-refractivity contribution in [2.45, 2.75) is 44.4 Å². The molecule has 0 aromatic carbocycles. The van der Waals surface area contributed by atoms with E-state index in [1.54, 1.807) is 7.11 Å². The van der Waals surface area contributed by atoms with Crippen LogP contribution in [0.1, 0.15) is 32.6 Å². The van der Waals surface area contributed by atoms with Crippen molar-refractivity contribution in [2.24, 2.45) is 34.2 Å². The summed E-state index contributed by atoms with van der Waals surface area (Å²) in [7, 11) is 1.64. The molecule has 0 saturated heterocycles. The Hall–Kier alpha value is -1.26. The maximum absolute atomic E-state index is 10.9. The van der Waals surface area contributed by atoms with Crippen molar-refractivity contribution in [2.75, 3.05) is 7.11 Å². The van der Waals surface area contributed by atoms with Gasteiger partial charge < -0.3 is 9.84 Å². The number of hydrogen-bond donors (Lipinski definition) is 2. The smallest absolute Gasteiger partial charge is 0.170 e. The Balaban J connectivity index is 1.68. The fraction of sp³-hybridized carbons (Fsp3) is 0.684. The number of fused-ring (bicyclic) bond motifs is 5. The molecule has 0 radical (unpaired) electrons. The molecule has 2 fully saturated rings. The lowest BCUT2D eigenvalue weighted by Crippen LogP contribution is -2.52. The van der Waals surface area contributed by atoms with Gasteiger partial charge >= 0.3 is 0 Å². The van der Waals surface area contributed by atoms with Crippen LogP contribution in [-0.4, -0.2) is 24.0 Å². The zero-order valence-electron chi connectivity index (χ0n) is 13.9. The van der Waals surface area contributed by atoms with Gasteiger partial charge in [-0.05, 0) is 42.6 Å². The van der Waals surface area contributed by atoms with Crippen molar-refractivity contribution < 1.29 is 9.84 Å². The fourth-order valence-electron chi connectivity index (χ4n) is 5.80. The number of allylic oxidation sites excluding steroid dienone is 4. The van der Waals surface area contributed by atoms with Gasteiger partial charge in [-0.15, -0.1) is 0 Å². The van der Waals surface area contributed by atoms with Gasteiger partial charge in [-0.25, -0.2) is 5.53 Å². The van der Waals surface area contributed by atoms with E-state index in [0.717, 1.165) is 25.7 Å². The van der Waals surface area contributed by atoms with E-state index < -0.39 is 5.79 Å². The summed E-state index contributed by atoms with van der Waals surface area (Å²) >= 11 is 0. The lowest BCUT2D eigenvalue weighted by Gasteiger charge is -2.53. The van der Waals surface area contributed by atoms with Crippen LogP contribution in [0.2, 0.25) is 0 Å². The highest BCUT2D eigenvalue weighted by Gasteiger charge is 2.62. The maximum Gasteiger partial charge on any atom is 0.170 e. The summed E-state index contributed by atoms with van der Waals surface area (Å²) in [5.41, 5.74) is 8.41. The van der Waals surface area contributed by atoms with Gasteiger partial charge in [0.2, 0.25) is 0 Å². The highest BCUT2D eigenvalue weighted by molar-refractivity contribution is 5.38. The van der Waals surface area contributed by atoms with Crippen molar-refractivity contribution in [1.82, 2.24) is 0 Å². The topological polar surface area (TPSA) is 65.7 Å². The third-order valence-electron chi connectivity index (χ3n) is 7.18. The van der Waals surface area contributed by atoms with Crippen molar-refractivity contribution >= 4 is 0 Å². The largest absolute Gasteiger partial charge is 0.365 e. The third kappa shape index (κ3) is 1.97. The molecule has 0 aromatic rings. The van der Waals surface area contributed by atoms with E-state index in [9.17, 15) is 5.11 Å². The minimum atomic E-state index is -0.968. The molecule has 4 nitrogen and oxygen atoms in total. The summed E-state index contributed by atoms with van der Waals surface area (Å²) in [5, 5.41) is 14.6. The van der Waals surface area contributed by atoms with Crippen molar-refractivity contribution in [1.29, 1.82) is 5.53 Å². The molecule has 0 aliphatic heterocycles. The molecule has 0 heterocycles. The van der Waals surface area contributed by atoms with Gasteiger partial charge in [0.05, 0.1) is 0 Å². The number of nitrogens with one attached hydrogen (secondary N) is 1. The molecule has 23 heavy (non-hydrogen) atoms. The number of aliphatic hydroxyl groups is 1. The first-order chi connectivity index (χ1) is 11.0. The highest BCUT2D eigenvalue weighted by Crippen LogP contribution is 2.63. The zero-order valence-corrected chi connectivity index (χ0v) is 13.9. The van der Waals surface area contributed by atoms with Crippen LogP contribution in [0.15, 0.2) is 41.1 Å². The first kappa shape index (κ1) is 15.3. The summed E-state index contributed by atoms with van der Waals surface area (Å²) in [4.78, 5) is 0. The highest BCUT2D eigenvalue weighted by atomic mass is 16.6.